The van der Waals surface area contributed by atoms with Crippen molar-refractivity contribution >= 4 is 11.8 Å². The molecule has 0 aliphatic heterocycles. The van der Waals surface area contributed by atoms with E-state index in [0.717, 1.165) is 24.3 Å². The van der Waals surface area contributed by atoms with Crippen molar-refractivity contribution in [3.8, 4) is 0 Å². The topological polar surface area (TPSA) is 46.2 Å². The lowest BCUT2D eigenvalue weighted by molar-refractivity contribution is 0.200. The first-order valence-corrected chi connectivity index (χ1v) is 7.63. The molecule has 3 heteroatoms. The van der Waals surface area contributed by atoms with Crippen LogP contribution in [0.2, 0.25) is 0 Å². The maximum Gasteiger partial charge on any atom is 0.0608 e. The number of hydrogen-bond donors (Lipinski definition) is 2. The predicted molar refractivity (Wildman–Crippen MR) is 81.0 cm³/mol. The molecule has 18 heavy (non-hydrogen) atoms. The third kappa shape index (κ3) is 5.89. The number of thioether (sulfide) groups is 1. The molecule has 0 amide bonds. The Morgan fingerprint density at radius 1 is 1.22 bits per heavy atom. The molecular weight excluding hydrogens is 242 g/mol. The van der Waals surface area contributed by atoms with Crippen LogP contribution in [0.5, 0.6) is 0 Å². The van der Waals surface area contributed by atoms with Crippen molar-refractivity contribution in [2.24, 2.45) is 5.73 Å². The van der Waals surface area contributed by atoms with E-state index in [-0.39, 0.29) is 6.61 Å². The van der Waals surface area contributed by atoms with Crippen LogP contribution < -0.4 is 5.73 Å². The van der Waals surface area contributed by atoms with Crippen LogP contribution in [-0.2, 0) is 5.75 Å². The molecule has 0 radical (unpaired) electrons. The van der Waals surface area contributed by atoms with Crippen LogP contribution in [0.25, 0.3) is 0 Å². The number of benzene rings is 1. The quantitative estimate of drug-likeness (QED) is 0.747. The van der Waals surface area contributed by atoms with Crippen LogP contribution in [0.4, 0.5) is 0 Å². The highest BCUT2D eigenvalue weighted by Crippen LogP contribution is 2.18. The summed E-state index contributed by atoms with van der Waals surface area (Å²) < 4.78 is 0. The summed E-state index contributed by atoms with van der Waals surface area (Å²) in [6.45, 7) is 6.25. The smallest absolute Gasteiger partial charge is 0.0608 e. The first kappa shape index (κ1) is 15.5. The Morgan fingerprint density at radius 2 is 1.83 bits per heavy atom. The first-order chi connectivity index (χ1) is 8.43. The van der Waals surface area contributed by atoms with Crippen molar-refractivity contribution < 1.29 is 5.11 Å². The highest BCUT2D eigenvalue weighted by molar-refractivity contribution is 7.98. The van der Waals surface area contributed by atoms with Gasteiger partial charge in [0.05, 0.1) is 6.61 Å². The summed E-state index contributed by atoms with van der Waals surface area (Å²) in [4.78, 5) is 0. The zero-order valence-corrected chi connectivity index (χ0v) is 12.5. The van der Waals surface area contributed by atoms with Crippen molar-refractivity contribution in [1.82, 2.24) is 0 Å². The second-order valence-electron chi connectivity index (χ2n) is 5.46. The van der Waals surface area contributed by atoms with Gasteiger partial charge in [-0.25, -0.2) is 0 Å². The van der Waals surface area contributed by atoms with Gasteiger partial charge in [-0.3, -0.25) is 0 Å². The summed E-state index contributed by atoms with van der Waals surface area (Å²) >= 11 is 1.94. The molecule has 1 atom stereocenters. The van der Waals surface area contributed by atoms with E-state index in [4.69, 9.17) is 10.8 Å². The molecule has 0 saturated carbocycles. The highest BCUT2D eigenvalue weighted by atomic mass is 32.2. The van der Waals surface area contributed by atoms with Gasteiger partial charge in [0.1, 0.15) is 0 Å². The van der Waals surface area contributed by atoms with Crippen LogP contribution >= 0.6 is 11.8 Å². The molecule has 0 saturated heterocycles. The molecule has 1 aromatic carbocycles. The van der Waals surface area contributed by atoms with Gasteiger partial charge in [0.15, 0.2) is 0 Å². The lowest BCUT2D eigenvalue weighted by Gasteiger charge is -2.21. The van der Waals surface area contributed by atoms with E-state index >= 15 is 0 Å². The van der Waals surface area contributed by atoms with Gasteiger partial charge in [0.25, 0.3) is 0 Å². The van der Waals surface area contributed by atoms with Crippen molar-refractivity contribution in [3.05, 3.63) is 34.9 Å². The summed E-state index contributed by atoms with van der Waals surface area (Å²) in [7, 11) is 0. The van der Waals surface area contributed by atoms with Crippen molar-refractivity contribution in [2.75, 3.05) is 12.4 Å². The minimum Gasteiger partial charge on any atom is -0.394 e. The van der Waals surface area contributed by atoms with Crippen LogP contribution in [-0.4, -0.2) is 23.0 Å². The second-order valence-corrected chi connectivity index (χ2v) is 6.57. The molecule has 0 fully saturated rings. The SMILES string of the molecule is Cc1cc(C)cc(CSCCCC(C)(N)CO)c1. The summed E-state index contributed by atoms with van der Waals surface area (Å²) in [5.41, 5.74) is 9.54. The number of aryl methyl sites for hydroxylation is 2. The Morgan fingerprint density at radius 3 is 2.39 bits per heavy atom. The molecule has 0 aliphatic rings. The standard InChI is InChI=1S/C15H25NOS/c1-12-7-13(2)9-14(8-12)10-18-6-4-5-15(3,16)11-17/h7-9,17H,4-6,10-11,16H2,1-3H3. The zero-order valence-electron chi connectivity index (χ0n) is 11.7. The Bertz CT molecular complexity index is 357. The molecule has 0 aliphatic carbocycles. The third-order valence-corrected chi connectivity index (χ3v) is 4.06. The fourth-order valence-corrected chi connectivity index (χ4v) is 2.89. The molecule has 102 valence electrons. The summed E-state index contributed by atoms with van der Waals surface area (Å²) in [5, 5.41) is 9.06. The molecule has 0 bridgehead atoms. The average Bonchev–Trinajstić information content (AvgIpc) is 2.27. The number of hydrogen-bond acceptors (Lipinski definition) is 3. The van der Waals surface area contributed by atoms with Crippen LogP contribution in [0.1, 0.15) is 36.5 Å². The lowest BCUT2D eigenvalue weighted by Crippen LogP contribution is -2.40. The van der Waals surface area contributed by atoms with Gasteiger partial charge in [-0.2, -0.15) is 11.8 Å². The first-order valence-electron chi connectivity index (χ1n) is 6.47. The summed E-state index contributed by atoms with van der Waals surface area (Å²) in [6.07, 6.45) is 1.94. The van der Waals surface area contributed by atoms with Crippen LogP contribution in [0.15, 0.2) is 18.2 Å². The lowest BCUT2D eigenvalue weighted by atomic mass is 9.99. The fraction of sp³-hybridized carbons (Fsp3) is 0.600. The molecule has 0 spiro atoms. The molecule has 3 N–H and O–H groups in total. The minimum atomic E-state index is -0.416. The third-order valence-electron chi connectivity index (χ3n) is 2.95. The molecule has 1 aromatic rings. The summed E-state index contributed by atoms with van der Waals surface area (Å²) in [5.74, 6) is 2.16. The number of nitrogens with two attached hydrogens (primary N) is 1. The Hall–Kier alpha value is -0.510. The van der Waals surface area contributed by atoms with Crippen LogP contribution in [0.3, 0.4) is 0 Å². The fourth-order valence-electron chi connectivity index (χ4n) is 2.00. The van der Waals surface area contributed by atoms with Gasteiger partial charge >= 0.3 is 0 Å². The van der Waals surface area contributed by atoms with Crippen molar-refractivity contribution in [3.63, 3.8) is 0 Å². The van der Waals surface area contributed by atoms with E-state index < -0.39 is 5.54 Å². The van der Waals surface area contributed by atoms with Crippen LogP contribution in [0, 0.1) is 13.8 Å². The van der Waals surface area contributed by atoms with Gasteiger partial charge in [-0.15, -0.1) is 0 Å². The largest absolute Gasteiger partial charge is 0.394 e. The Labute approximate surface area is 115 Å². The van der Waals surface area contributed by atoms with E-state index in [1.807, 2.05) is 18.7 Å². The molecule has 2 nitrogen and oxygen atoms in total. The van der Waals surface area contributed by atoms with E-state index in [1.165, 1.54) is 16.7 Å². The number of aliphatic hydroxyl groups is 1. The van der Waals surface area contributed by atoms with Gasteiger partial charge in [0.2, 0.25) is 0 Å². The Kier molecular flexibility index (Phi) is 6.19. The molecule has 0 heterocycles. The van der Waals surface area contributed by atoms with Gasteiger partial charge in [0, 0.05) is 11.3 Å². The molecule has 0 aromatic heterocycles. The average molecular weight is 267 g/mol. The van der Waals surface area contributed by atoms with Gasteiger partial charge < -0.3 is 10.8 Å². The number of rotatable bonds is 7. The number of aliphatic hydroxyl groups excluding tert-OH is 1. The zero-order chi connectivity index (χ0) is 13.6. The Balaban J connectivity index is 2.26. The summed E-state index contributed by atoms with van der Waals surface area (Å²) in [6, 6.07) is 6.71. The molecular formula is C15H25NOS. The van der Waals surface area contributed by atoms with Gasteiger partial charge in [-0.1, -0.05) is 29.3 Å². The second kappa shape index (κ2) is 7.17. The normalized spacial score (nSPS) is 14.5. The highest BCUT2D eigenvalue weighted by Gasteiger charge is 2.15. The minimum absolute atomic E-state index is 0.0642. The van der Waals surface area contributed by atoms with E-state index in [0.29, 0.717) is 0 Å². The van der Waals surface area contributed by atoms with Crippen molar-refractivity contribution in [2.45, 2.75) is 44.9 Å². The van der Waals surface area contributed by atoms with E-state index in [1.54, 1.807) is 0 Å². The maximum absolute atomic E-state index is 9.06. The monoisotopic (exact) mass is 267 g/mol. The van der Waals surface area contributed by atoms with E-state index in [2.05, 4.69) is 32.0 Å². The van der Waals surface area contributed by atoms with Crippen molar-refractivity contribution in [1.29, 1.82) is 0 Å². The molecule has 1 rings (SSSR count). The predicted octanol–water partition coefficient (Wildman–Crippen LogP) is 3.03. The van der Waals surface area contributed by atoms with Gasteiger partial charge in [-0.05, 0) is 44.9 Å². The van der Waals surface area contributed by atoms with E-state index in [9.17, 15) is 0 Å². The maximum atomic E-state index is 9.06. The molecule has 1 unspecified atom stereocenters.